The molecule has 11 heavy (non-hydrogen) atoms. The number of aromatic nitrogens is 1. The highest BCUT2D eigenvalue weighted by Gasteiger charge is 1.99. The highest BCUT2D eigenvalue weighted by atomic mass is 35.5. The van der Waals surface area contributed by atoms with Crippen molar-refractivity contribution in [3.05, 3.63) is 23.0 Å². The Morgan fingerprint density at radius 3 is 3.00 bits per heavy atom. The molecule has 1 N–H and O–H groups in total. The SMILES string of the molecule is N#CCc1cnc(Cl)c(O)c1. The van der Waals surface area contributed by atoms with E-state index in [9.17, 15) is 0 Å². The summed E-state index contributed by atoms with van der Waals surface area (Å²) in [7, 11) is 0. The number of rotatable bonds is 1. The molecule has 56 valence electrons. The average Bonchev–Trinajstić information content (AvgIpc) is 1.98. The second-order valence-corrected chi connectivity index (χ2v) is 2.35. The van der Waals surface area contributed by atoms with Crippen LogP contribution in [-0.4, -0.2) is 10.1 Å². The number of hydrogen-bond acceptors (Lipinski definition) is 3. The van der Waals surface area contributed by atoms with Crippen LogP contribution in [0.5, 0.6) is 5.75 Å². The van der Waals surface area contributed by atoms with Crippen LogP contribution in [0.25, 0.3) is 0 Å². The Kier molecular flexibility index (Phi) is 2.29. The van der Waals surface area contributed by atoms with Crippen LogP contribution in [-0.2, 0) is 6.42 Å². The smallest absolute Gasteiger partial charge is 0.170 e. The van der Waals surface area contributed by atoms with Gasteiger partial charge < -0.3 is 5.11 Å². The first-order valence-electron chi connectivity index (χ1n) is 2.94. The minimum absolute atomic E-state index is 0.0617. The minimum Gasteiger partial charge on any atom is -0.505 e. The summed E-state index contributed by atoms with van der Waals surface area (Å²) in [6.45, 7) is 0. The van der Waals surface area contributed by atoms with Gasteiger partial charge in [0.15, 0.2) is 10.9 Å². The molecule has 0 aliphatic heterocycles. The van der Waals surface area contributed by atoms with Crippen molar-refractivity contribution in [1.29, 1.82) is 5.26 Å². The van der Waals surface area contributed by atoms with Gasteiger partial charge in [0.05, 0.1) is 12.5 Å². The number of pyridine rings is 1. The van der Waals surface area contributed by atoms with Gasteiger partial charge in [0.2, 0.25) is 0 Å². The molecule has 0 atom stereocenters. The molecule has 0 spiro atoms. The molecule has 0 aliphatic carbocycles. The van der Waals surface area contributed by atoms with E-state index in [1.807, 2.05) is 6.07 Å². The Morgan fingerprint density at radius 1 is 1.73 bits per heavy atom. The van der Waals surface area contributed by atoms with Gasteiger partial charge in [0.1, 0.15) is 0 Å². The van der Waals surface area contributed by atoms with Crippen molar-refractivity contribution < 1.29 is 5.11 Å². The van der Waals surface area contributed by atoms with Gasteiger partial charge in [-0.2, -0.15) is 5.26 Å². The lowest BCUT2D eigenvalue weighted by atomic mass is 10.2. The molecule has 0 bridgehead atoms. The predicted octanol–water partition coefficient (Wildman–Crippen LogP) is 1.51. The molecule has 0 amide bonds. The van der Waals surface area contributed by atoms with Gasteiger partial charge >= 0.3 is 0 Å². The van der Waals surface area contributed by atoms with E-state index < -0.39 is 0 Å². The van der Waals surface area contributed by atoms with Crippen molar-refractivity contribution in [2.75, 3.05) is 0 Å². The molecule has 0 aliphatic rings. The van der Waals surface area contributed by atoms with Crippen molar-refractivity contribution in [2.45, 2.75) is 6.42 Å². The lowest BCUT2D eigenvalue weighted by Crippen LogP contribution is -1.84. The average molecular weight is 169 g/mol. The maximum atomic E-state index is 9.02. The topological polar surface area (TPSA) is 56.9 Å². The van der Waals surface area contributed by atoms with Gasteiger partial charge in [0, 0.05) is 6.20 Å². The largest absolute Gasteiger partial charge is 0.505 e. The molecule has 0 aromatic carbocycles. The van der Waals surface area contributed by atoms with Crippen LogP contribution < -0.4 is 0 Å². The van der Waals surface area contributed by atoms with Crippen LogP contribution in [0.2, 0.25) is 5.15 Å². The summed E-state index contributed by atoms with van der Waals surface area (Å²) in [6, 6.07) is 3.37. The molecular weight excluding hydrogens is 164 g/mol. The first-order valence-corrected chi connectivity index (χ1v) is 3.32. The van der Waals surface area contributed by atoms with Crippen molar-refractivity contribution in [1.82, 2.24) is 4.98 Å². The predicted molar refractivity (Wildman–Crippen MR) is 40.2 cm³/mol. The van der Waals surface area contributed by atoms with Crippen LogP contribution in [0.4, 0.5) is 0 Å². The molecule has 0 radical (unpaired) electrons. The molecule has 1 rings (SSSR count). The van der Waals surface area contributed by atoms with Gasteiger partial charge in [-0.05, 0) is 11.6 Å². The number of nitriles is 1. The summed E-state index contributed by atoms with van der Waals surface area (Å²) in [5.41, 5.74) is 0.661. The third kappa shape index (κ3) is 1.82. The summed E-state index contributed by atoms with van der Waals surface area (Å²) < 4.78 is 0. The van der Waals surface area contributed by atoms with Crippen molar-refractivity contribution >= 4 is 11.6 Å². The van der Waals surface area contributed by atoms with Crippen molar-refractivity contribution in [2.24, 2.45) is 0 Å². The lowest BCUT2D eigenvalue weighted by molar-refractivity contribution is 0.472. The number of hydrogen-bond donors (Lipinski definition) is 1. The molecule has 0 saturated carbocycles. The van der Waals surface area contributed by atoms with Gasteiger partial charge in [0.25, 0.3) is 0 Å². The quantitative estimate of drug-likeness (QED) is 0.647. The number of aromatic hydroxyl groups is 1. The normalized spacial score (nSPS) is 9.09. The first kappa shape index (κ1) is 7.83. The molecule has 0 fully saturated rings. The summed E-state index contributed by atoms with van der Waals surface area (Å²) in [5.74, 6) is -0.0839. The molecular formula is C7H5ClN2O. The molecule has 0 unspecified atom stereocenters. The Labute approximate surface area is 68.9 Å². The van der Waals surface area contributed by atoms with Crippen LogP contribution in [0.3, 0.4) is 0 Å². The second kappa shape index (κ2) is 3.22. The maximum absolute atomic E-state index is 9.02. The summed E-state index contributed by atoms with van der Waals surface area (Å²) in [5, 5.41) is 17.4. The van der Waals surface area contributed by atoms with Gasteiger partial charge in [-0.3, -0.25) is 0 Å². The van der Waals surface area contributed by atoms with E-state index in [1.54, 1.807) is 0 Å². The number of halogens is 1. The van der Waals surface area contributed by atoms with Crippen LogP contribution >= 0.6 is 11.6 Å². The fraction of sp³-hybridized carbons (Fsp3) is 0.143. The van der Waals surface area contributed by atoms with E-state index in [2.05, 4.69) is 4.98 Å². The van der Waals surface area contributed by atoms with E-state index in [4.69, 9.17) is 22.0 Å². The molecule has 1 heterocycles. The Bertz CT molecular complexity index is 306. The van der Waals surface area contributed by atoms with Crippen LogP contribution in [0.1, 0.15) is 5.56 Å². The molecule has 1 aromatic rings. The van der Waals surface area contributed by atoms with Gasteiger partial charge in [-0.15, -0.1) is 0 Å². The second-order valence-electron chi connectivity index (χ2n) is 1.99. The number of nitrogens with zero attached hydrogens (tertiary/aromatic N) is 2. The highest BCUT2D eigenvalue weighted by molar-refractivity contribution is 6.30. The van der Waals surface area contributed by atoms with E-state index in [0.717, 1.165) is 0 Å². The highest BCUT2D eigenvalue weighted by Crippen LogP contribution is 2.20. The zero-order chi connectivity index (χ0) is 8.27. The summed E-state index contributed by atoms with van der Waals surface area (Å²) in [4.78, 5) is 3.66. The third-order valence-corrected chi connectivity index (χ3v) is 1.45. The molecule has 0 saturated heterocycles. The molecule has 3 nitrogen and oxygen atoms in total. The van der Waals surface area contributed by atoms with Crippen molar-refractivity contribution in [3.63, 3.8) is 0 Å². The minimum atomic E-state index is -0.0839. The first-order chi connectivity index (χ1) is 5.24. The van der Waals surface area contributed by atoms with Crippen LogP contribution in [0, 0.1) is 11.3 Å². The summed E-state index contributed by atoms with van der Waals surface area (Å²) in [6.07, 6.45) is 1.70. The zero-order valence-electron chi connectivity index (χ0n) is 5.58. The summed E-state index contributed by atoms with van der Waals surface area (Å²) >= 11 is 5.44. The lowest BCUT2D eigenvalue weighted by Gasteiger charge is -1.96. The molecule has 1 aromatic heterocycles. The van der Waals surface area contributed by atoms with E-state index >= 15 is 0 Å². The maximum Gasteiger partial charge on any atom is 0.170 e. The fourth-order valence-electron chi connectivity index (χ4n) is 0.666. The Morgan fingerprint density at radius 2 is 2.45 bits per heavy atom. The van der Waals surface area contributed by atoms with E-state index in [1.165, 1.54) is 12.3 Å². The van der Waals surface area contributed by atoms with E-state index in [0.29, 0.717) is 5.56 Å². The zero-order valence-corrected chi connectivity index (χ0v) is 6.34. The van der Waals surface area contributed by atoms with Crippen LogP contribution in [0.15, 0.2) is 12.3 Å². The van der Waals surface area contributed by atoms with E-state index in [-0.39, 0.29) is 17.3 Å². The standard InChI is InChI=1S/C7H5ClN2O/c8-7-6(11)3-5(1-2-9)4-10-7/h3-4,11H,1H2. The molecule has 4 heteroatoms. The fourth-order valence-corrected chi connectivity index (χ4v) is 0.769. The monoisotopic (exact) mass is 168 g/mol. The third-order valence-electron chi connectivity index (χ3n) is 1.16. The Hall–Kier alpha value is -1.27. The van der Waals surface area contributed by atoms with Crippen molar-refractivity contribution in [3.8, 4) is 11.8 Å². The Balaban J connectivity index is 2.98. The van der Waals surface area contributed by atoms with Gasteiger partial charge in [-0.1, -0.05) is 11.6 Å². The van der Waals surface area contributed by atoms with Gasteiger partial charge in [-0.25, -0.2) is 4.98 Å².